The topological polar surface area (TPSA) is 54.9 Å². The van der Waals surface area contributed by atoms with Gasteiger partial charge in [0.1, 0.15) is 5.69 Å². The third kappa shape index (κ3) is 3.83. The Morgan fingerprint density at radius 3 is 2.65 bits per heavy atom. The van der Waals surface area contributed by atoms with Crippen LogP contribution in [0.15, 0.2) is 41.9 Å². The maximum absolute atomic E-state index is 12.6. The molecule has 0 saturated heterocycles. The summed E-state index contributed by atoms with van der Waals surface area (Å²) in [6.45, 7) is 4.28. The Hall–Kier alpha value is -2.05. The number of hydrogen-bond acceptors (Lipinski definition) is 5. The van der Waals surface area contributed by atoms with E-state index in [1.165, 1.54) is 11.3 Å². The molecule has 0 aliphatic heterocycles. The minimum Gasteiger partial charge on any atom is -0.321 e. The lowest BCUT2D eigenvalue weighted by molar-refractivity contribution is 0.102. The Bertz CT molecular complexity index is 780. The molecule has 0 saturated carbocycles. The molecule has 118 valence electrons. The number of nitrogens with one attached hydrogen (secondary N) is 1. The lowest BCUT2D eigenvalue weighted by Gasteiger charge is -2.06. The average molecular weight is 343 g/mol. The van der Waals surface area contributed by atoms with Gasteiger partial charge in [0.2, 0.25) is 0 Å². The van der Waals surface area contributed by atoms with Gasteiger partial charge in [-0.1, -0.05) is 32.0 Å². The molecule has 1 N–H and O–H groups in total. The van der Waals surface area contributed by atoms with Crippen molar-refractivity contribution in [1.29, 1.82) is 0 Å². The fourth-order valence-electron chi connectivity index (χ4n) is 2.17. The van der Waals surface area contributed by atoms with Crippen molar-refractivity contribution < 1.29 is 4.79 Å². The van der Waals surface area contributed by atoms with Crippen LogP contribution in [0.1, 0.15) is 29.2 Å². The monoisotopic (exact) mass is 343 g/mol. The summed E-state index contributed by atoms with van der Waals surface area (Å²) in [4.78, 5) is 22.5. The quantitative estimate of drug-likeness (QED) is 0.729. The molecule has 6 heteroatoms. The standard InChI is InChI=1S/C17H17N3OS2/c1-11(2)10-13-14(15(21)19-12-6-4-3-5-7-12)20-17(23-13)16-18-8-9-22-16/h3-9,11H,10H2,1-2H3,(H,19,21). The minimum atomic E-state index is -0.161. The second kappa shape index (κ2) is 7.02. The maximum atomic E-state index is 12.6. The third-order valence-electron chi connectivity index (χ3n) is 3.15. The van der Waals surface area contributed by atoms with Crippen molar-refractivity contribution in [3.8, 4) is 10.0 Å². The van der Waals surface area contributed by atoms with Gasteiger partial charge in [0.15, 0.2) is 10.0 Å². The zero-order chi connectivity index (χ0) is 16.2. The second-order valence-electron chi connectivity index (χ2n) is 5.55. The van der Waals surface area contributed by atoms with E-state index >= 15 is 0 Å². The molecule has 0 aliphatic carbocycles. The van der Waals surface area contributed by atoms with Crippen LogP contribution in [-0.2, 0) is 6.42 Å². The lowest BCUT2D eigenvalue weighted by atomic mass is 10.1. The van der Waals surface area contributed by atoms with E-state index in [-0.39, 0.29) is 5.91 Å². The normalized spacial score (nSPS) is 10.9. The number of anilines is 1. The summed E-state index contributed by atoms with van der Waals surface area (Å²) in [6, 6.07) is 9.45. The molecule has 0 aliphatic rings. The van der Waals surface area contributed by atoms with E-state index in [1.807, 2.05) is 35.7 Å². The van der Waals surface area contributed by atoms with Crippen molar-refractivity contribution in [3.63, 3.8) is 0 Å². The van der Waals surface area contributed by atoms with Crippen molar-refractivity contribution in [2.75, 3.05) is 5.32 Å². The molecular formula is C17H17N3OS2. The van der Waals surface area contributed by atoms with Crippen LogP contribution in [0.5, 0.6) is 0 Å². The molecule has 1 amide bonds. The summed E-state index contributed by atoms with van der Waals surface area (Å²) in [5, 5.41) is 6.51. The molecule has 2 heterocycles. The number of amides is 1. The Labute approximate surface area is 143 Å². The highest BCUT2D eigenvalue weighted by molar-refractivity contribution is 7.20. The Morgan fingerprint density at radius 1 is 1.22 bits per heavy atom. The highest BCUT2D eigenvalue weighted by Crippen LogP contribution is 2.31. The molecule has 0 radical (unpaired) electrons. The van der Waals surface area contributed by atoms with Crippen molar-refractivity contribution in [1.82, 2.24) is 9.97 Å². The number of rotatable bonds is 5. The first-order valence-corrected chi connectivity index (χ1v) is 9.09. The smallest absolute Gasteiger partial charge is 0.275 e. The summed E-state index contributed by atoms with van der Waals surface area (Å²) in [6.07, 6.45) is 2.59. The molecule has 0 fully saturated rings. The number of benzene rings is 1. The summed E-state index contributed by atoms with van der Waals surface area (Å²) in [5.41, 5.74) is 1.29. The number of hydrogen-bond donors (Lipinski definition) is 1. The fraction of sp³-hybridized carbons (Fsp3) is 0.235. The van der Waals surface area contributed by atoms with E-state index in [0.717, 1.165) is 27.0 Å². The van der Waals surface area contributed by atoms with Crippen LogP contribution >= 0.6 is 22.7 Å². The number of nitrogens with zero attached hydrogens (tertiary/aromatic N) is 2. The van der Waals surface area contributed by atoms with Crippen LogP contribution < -0.4 is 5.32 Å². The van der Waals surface area contributed by atoms with E-state index in [4.69, 9.17) is 0 Å². The number of carbonyl (C=O) groups excluding carboxylic acids is 1. The van der Waals surface area contributed by atoms with Crippen molar-refractivity contribution >= 4 is 34.3 Å². The molecule has 0 unspecified atom stereocenters. The lowest BCUT2D eigenvalue weighted by Crippen LogP contribution is -2.14. The van der Waals surface area contributed by atoms with Gasteiger partial charge < -0.3 is 5.32 Å². The molecule has 1 aromatic carbocycles. The highest BCUT2D eigenvalue weighted by Gasteiger charge is 2.20. The molecule has 2 aromatic heterocycles. The van der Waals surface area contributed by atoms with Gasteiger partial charge in [0, 0.05) is 22.1 Å². The fourth-order valence-corrected chi connectivity index (χ4v) is 4.12. The number of thiazole rings is 2. The molecule has 0 bridgehead atoms. The van der Waals surface area contributed by atoms with Crippen LogP contribution in [0, 0.1) is 5.92 Å². The van der Waals surface area contributed by atoms with Crippen LogP contribution in [0.3, 0.4) is 0 Å². The second-order valence-corrected chi connectivity index (χ2v) is 7.52. The average Bonchev–Trinajstić information content (AvgIpc) is 3.16. The maximum Gasteiger partial charge on any atom is 0.275 e. The summed E-state index contributed by atoms with van der Waals surface area (Å²) >= 11 is 3.10. The predicted octanol–water partition coefficient (Wildman–Crippen LogP) is 4.72. The molecule has 4 nitrogen and oxygen atoms in total. The first-order chi connectivity index (χ1) is 11.1. The minimum absolute atomic E-state index is 0.161. The van der Waals surface area contributed by atoms with Gasteiger partial charge in [0.05, 0.1) is 0 Å². The largest absolute Gasteiger partial charge is 0.321 e. The predicted molar refractivity (Wildman–Crippen MR) is 96.2 cm³/mol. The van der Waals surface area contributed by atoms with Crippen molar-refractivity contribution in [2.24, 2.45) is 5.92 Å². The Balaban J connectivity index is 1.91. The zero-order valence-corrected chi connectivity index (χ0v) is 14.6. The SMILES string of the molecule is CC(C)Cc1sc(-c2nccs2)nc1C(=O)Nc1ccccc1. The van der Waals surface area contributed by atoms with Crippen LogP contribution in [0.2, 0.25) is 0 Å². The van der Waals surface area contributed by atoms with E-state index < -0.39 is 0 Å². The summed E-state index contributed by atoms with van der Waals surface area (Å²) < 4.78 is 0. The van der Waals surface area contributed by atoms with E-state index in [2.05, 4.69) is 29.1 Å². The van der Waals surface area contributed by atoms with Gasteiger partial charge in [-0.25, -0.2) is 9.97 Å². The van der Waals surface area contributed by atoms with Gasteiger partial charge in [-0.3, -0.25) is 4.79 Å². The van der Waals surface area contributed by atoms with Gasteiger partial charge in [-0.05, 0) is 24.5 Å². The van der Waals surface area contributed by atoms with Gasteiger partial charge in [-0.2, -0.15) is 0 Å². The van der Waals surface area contributed by atoms with Crippen molar-refractivity contribution in [3.05, 3.63) is 52.5 Å². The van der Waals surface area contributed by atoms with Crippen LogP contribution in [-0.4, -0.2) is 15.9 Å². The number of aromatic nitrogens is 2. The van der Waals surface area contributed by atoms with E-state index in [9.17, 15) is 4.79 Å². The van der Waals surface area contributed by atoms with Gasteiger partial charge in [0.25, 0.3) is 5.91 Å². The first kappa shape index (κ1) is 15.8. The molecule has 0 spiro atoms. The van der Waals surface area contributed by atoms with Crippen LogP contribution in [0.4, 0.5) is 5.69 Å². The zero-order valence-electron chi connectivity index (χ0n) is 12.9. The summed E-state index contributed by atoms with van der Waals surface area (Å²) in [7, 11) is 0. The first-order valence-electron chi connectivity index (χ1n) is 7.39. The highest BCUT2D eigenvalue weighted by atomic mass is 32.1. The van der Waals surface area contributed by atoms with Crippen molar-refractivity contribution in [2.45, 2.75) is 20.3 Å². The number of carbonyl (C=O) groups is 1. The van der Waals surface area contributed by atoms with E-state index in [1.54, 1.807) is 17.5 Å². The molecular weight excluding hydrogens is 326 g/mol. The molecule has 0 atom stereocenters. The molecule has 3 rings (SSSR count). The molecule has 3 aromatic rings. The van der Waals surface area contributed by atoms with E-state index in [0.29, 0.717) is 11.6 Å². The van der Waals surface area contributed by atoms with Gasteiger partial charge in [-0.15, -0.1) is 22.7 Å². The third-order valence-corrected chi connectivity index (χ3v) is 5.15. The van der Waals surface area contributed by atoms with Crippen LogP contribution in [0.25, 0.3) is 10.0 Å². The molecule has 23 heavy (non-hydrogen) atoms. The summed E-state index contributed by atoms with van der Waals surface area (Å²) in [5.74, 6) is 0.300. The Morgan fingerprint density at radius 2 is 2.00 bits per heavy atom. The number of para-hydroxylation sites is 1. The Kier molecular flexibility index (Phi) is 4.83. The van der Waals surface area contributed by atoms with Gasteiger partial charge >= 0.3 is 0 Å².